The maximum atomic E-state index is 13.1. The predicted octanol–water partition coefficient (Wildman–Crippen LogP) is 0.148. The molecule has 10 nitrogen and oxygen atoms in total. The lowest BCUT2D eigenvalue weighted by Crippen LogP contribution is -2.44. The normalized spacial score (nSPS) is 13.3. The Balaban J connectivity index is 0.00000300. The van der Waals surface area contributed by atoms with E-state index in [1.54, 1.807) is 11.5 Å². The second kappa shape index (κ2) is 10.2. The molecule has 154 valence electrons. The average molecular weight is 438 g/mol. The van der Waals surface area contributed by atoms with E-state index < -0.39 is 11.5 Å². The third-order valence-corrected chi connectivity index (χ3v) is 5.14. The van der Waals surface area contributed by atoms with Crippen molar-refractivity contribution in [2.45, 2.75) is 25.2 Å². The molecular weight excluding hydrogens is 418 g/mol. The highest BCUT2D eigenvalue weighted by Crippen LogP contribution is 2.23. The van der Waals surface area contributed by atoms with Crippen LogP contribution < -0.4 is 15.8 Å². The van der Waals surface area contributed by atoms with Gasteiger partial charge in [-0.15, -0.1) is 18.3 Å². The van der Waals surface area contributed by atoms with E-state index in [0.29, 0.717) is 5.95 Å². The second-order valence-corrected chi connectivity index (χ2v) is 6.90. The van der Waals surface area contributed by atoms with Crippen LogP contribution in [0.5, 0.6) is 0 Å². The number of piperazine rings is 1. The number of carboxylic acid groups (broad SMARTS) is 1. The van der Waals surface area contributed by atoms with Crippen molar-refractivity contribution in [1.29, 1.82) is 5.26 Å². The molecule has 29 heavy (non-hydrogen) atoms. The Hall–Kier alpha value is -2.73. The number of nitrogens with one attached hydrogen (secondary N) is 1. The van der Waals surface area contributed by atoms with Gasteiger partial charge in [0.15, 0.2) is 16.3 Å². The Morgan fingerprint density at radius 1 is 1.28 bits per heavy atom. The molecule has 2 aromatic heterocycles. The second-order valence-electron chi connectivity index (χ2n) is 5.96. The van der Waals surface area contributed by atoms with Gasteiger partial charge in [-0.3, -0.25) is 18.7 Å². The van der Waals surface area contributed by atoms with Crippen LogP contribution in [-0.2, 0) is 17.9 Å². The summed E-state index contributed by atoms with van der Waals surface area (Å²) in [6, 6.07) is 1.94. The predicted molar refractivity (Wildman–Crippen MR) is 112 cm³/mol. The summed E-state index contributed by atoms with van der Waals surface area (Å²) in [5.41, 5.74) is 0.0796. The van der Waals surface area contributed by atoms with E-state index in [2.05, 4.69) is 32.0 Å². The van der Waals surface area contributed by atoms with E-state index in [-0.39, 0.29) is 47.6 Å². The summed E-state index contributed by atoms with van der Waals surface area (Å²) in [6.45, 7) is 4.83. The fourth-order valence-corrected chi connectivity index (χ4v) is 3.65. The summed E-state index contributed by atoms with van der Waals surface area (Å²) in [5, 5.41) is 21.5. The Morgan fingerprint density at radius 2 is 2.00 bits per heavy atom. The summed E-state index contributed by atoms with van der Waals surface area (Å²) in [5.74, 6) is 5.09. The highest BCUT2D eigenvalue weighted by atomic mass is 35.5. The number of rotatable bonds is 6. The molecule has 0 spiro atoms. The molecule has 0 aliphatic carbocycles. The van der Waals surface area contributed by atoms with Crippen LogP contribution in [0.25, 0.3) is 11.2 Å². The number of thioether (sulfide) groups is 1. The minimum Gasteiger partial charge on any atom is -0.481 e. The summed E-state index contributed by atoms with van der Waals surface area (Å²) < 4.78 is 2.92. The van der Waals surface area contributed by atoms with Crippen LogP contribution in [-0.4, -0.2) is 62.1 Å². The standard InChI is InChI=1S/C17H19N7O3S.ClH/c1-2-3-7-23-13-14(20-16(23)22-9-5-19-6-10-22)21-17(28-11-12(25)26)24(8-4-18)15(13)27;/h19H,5-11H2,1H3,(H,25,26);1H. The van der Waals surface area contributed by atoms with Crippen LogP contribution >= 0.6 is 24.2 Å². The van der Waals surface area contributed by atoms with Gasteiger partial charge in [-0.2, -0.15) is 10.2 Å². The van der Waals surface area contributed by atoms with Gasteiger partial charge in [0, 0.05) is 26.2 Å². The molecule has 3 rings (SSSR count). The van der Waals surface area contributed by atoms with E-state index in [4.69, 9.17) is 10.4 Å². The fourth-order valence-electron chi connectivity index (χ4n) is 2.94. The van der Waals surface area contributed by atoms with Crippen molar-refractivity contribution in [3.63, 3.8) is 0 Å². The molecule has 3 heterocycles. The zero-order valence-corrected chi connectivity index (χ0v) is 17.3. The molecule has 1 fully saturated rings. The quantitative estimate of drug-likeness (QED) is 0.368. The van der Waals surface area contributed by atoms with Gasteiger partial charge in [0.25, 0.3) is 5.56 Å². The van der Waals surface area contributed by atoms with E-state index in [1.807, 2.05) is 6.07 Å². The number of aromatic nitrogens is 4. The molecule has 2 aromatic rings. The van der Waals surface area contributed by atoms with E-state index >= 15 is 0 Å². The number of nitrogens with zero attached hydrogens (tertiary/aromatic N) is 6. The molecule has 0 atom stereocenters. The number of halogens is 1. The first-order valence-electron chi connectivity index (χ1n) is 8.64. The molecule has 1 saturated heterocycles. The fraction of sp³-hybridized carbons (Fsp3) is 0.471. The zero-order valence-electron chi connectivity index (χ0n) is 15.7. The van der Waals surface area contributed by atoms with Crippen molar-refractivity contribution >= 4 is 47.3 Å². The highest BCUT2D eigenvalue weighted by Gasteiger charge is 2.24. The van der Waals surface area contributed by atoms with Crippen molar-refractivity contribution in [2.75, 3.05) is 36.8 Å². The van der Waals surface area contributed by atoms with Crippen LogP contribution in [0.3, 0.4) is 0 Å². The number of nitriles is 1. The maximum Gasteiger partial charge on any atom is 0.313 e. The summed E-state index contributed by atoms with van der Waals surface area (Å²) >= 11 is 0.893. The number of hydrogen-bond donors (Lipinski definition) is 2. The first kappa shape index (κ1) is 22.6. The van der Waals surface area contributed by atoms with E-state index in [1.165, 1.54) is 4.57 Å². The van der Waals surface area contributed by atoms with E-state index in [9.17, 15) is 9.59 Å². The molecule has 0 aromatic carbocycles. The van der Waals surface area contributed by atoms with Gasteiger partial charge in [0.2, 0.25) is 5.95 Å². The molecule has 0 unspecified atom stereocenters. The Labute approximate surface area is 177 Å². The molecule has 0 bridgehead atoms. The molecule has 1 aliphatic rings. The number of carbonyl (C=O) groups is 1. The van der Waals surface area contributed by atoms with Crippen molar-refractivity contribution < 1.29 is 9.90 Å². The summed E-state index contributed by atoms with van der Waals surface area (Å²) in [7, 11) is 0. The lowest BCUT2D eigenvalue weighted by Gasteiger charge is -2.28. The Kier molecular flexibility index (Phi) is 7.91. The molecule has 1 aliphatic heterocycles. The van der Waals surface area contributed by atoms with Crippen LogP contribution in [0.4, 0.5) is 5.95 Å². The van der Waals surface area contributed by atoms with Crippen LogP contribution in [0.15, 0.2) is 9.95 Å². The molecule has 2 N–H and O–H groups in total. The van der Waals surface area contributed by atoms with Crippen LogP contribution in [0.1, 0.15) is 6.92 Å². The lowest BCUT2D eigenvalue weighted by molar-refractivity contribution is -0.133. The third kappa shape index (κ3) is 4.82. The highest BCUT2D eigenvalue weighted by molar-refractivity contribution is 7.99. The van der Waals surface area contributed by atoms with Gasteiger partial charge in [0.05, 0.1) is 18.4 Å². The minimum atomic E-state index is -1.03. The van der Waals surface area contributed by atoms with Crippen LogP contribution in [0.2, 0.25) is 0 Å². The lowest BCUT2D eigenvalue weighted by atomic mass is 10.4. The third-order valence-electron chi connectivity index (χ3n) is 4.18. The average Bonchev–Trinajstić information content (AvgIpc) is 3.06. The van der Waals surface area contributed by atoms with Gasteiger partial charge in [-0.25, -0.2) is 4.98 Å². The largest absolute Gasteiger partial charge is 0.481 e. The smallest absolute Gasteiger partial charge is 0.313 e. The maximum absolute atomic E-state index is 13.1. The monoisotopic (exact) mass is 437 g/mol. The van der Waals surface area contributed by atoms with Crippen LogP contribution in [0, 0.1) is 23.2 Å². The number of carboxylic acids is 1. The van der Waals surface area contributed by atoms with Gasteiger partial charge in [0.1, 0.15) is 6.54 Å². The van der Waals surface area contributed by atoms with Crippen molar-refractivity contribution in [3.05, 3.63) is 10.4 Å². The van der Waals surface area contributed by atoms with Crippen molar-refractivity contribution in [2.24, 2.45) is 0 Å². The summed E-state index contributed by atoms with van der Waals surface area (Å²) in [6.07, 6.45) is 0. The van der Waals surface area contributed by atoms with Gasteiger partial charge in [-0.05, 0) is 6.92 Å². The number of imidazole rings is 1. The van der Waals surface area contributed by atoms with Gasteiger partial charge >= 0.3 is 5.97 Å². The number of aliphatic carboxylic acids is 1. The van der Waals surface area contributed by atoms with Crippen molar-refractivity contribution in [3.8, 4) is 17.9 Å². The first-order chi connectivity index (χ1) is 13.6. The zero-order chi connectivity index (χ0) is 20.1. The Morgan fingerprint density at radius 3 is 2.62 bits per heavy atom. The SMILES string of the molecule is CC#CCn1c(N2CCNCC2)nc2nc(SCC(=O)O)n(CC#N)c(=O)c21.Cl. The Bertz CT molecular complexity index is 1060. The van der Waals surface area contributed by atoms with Gasteiger partial charge in [-0.1, -0.05) is 17.7 Å². The number of fused-ring (bicyclic) bond motifs is 1. The molecule has 0 saturated carbocycles. The summed E-state index contributed by atoms with van der Waals surface area (Å²) in [4.78, 5) is 35.1. The molecule has 12 heteroatoms. The van der Waals surface area contributed by atoms with E-state index in [0.717, 1.165) is 37.9 Å². The minimum absolute atomic E-state index is 0. The molecule has 0 radical (unpaired) electrons. The van der Waals surface area contributed by atoms with Crippen molar-refractivity contribution in [1.82, 2.24) is 24.4 Å². The number of anilines is 1. The number of hydrogen-bond acceptors (Lipinski definition) is 8. The first-order valence-corrected chi connectivity index (χ1v) is 9.63. The molecular formula is C17H20ClN7O3S. The molecule has 0 amide bonds. The van der Waals surface area contributed by atoms with Gasteiger partial charge < -0.3 is 15.3 Å². The topological polar surface area (TPSA) is 129 Å².